The summed E-state index contributed by atoms with van der Waals surface area (Å²) in [7, 11) is 1.70. The summed E-state index contributed by atoms with van der Waals surface area (Å²) in [5, 5.41) is 0. The van der Waals surface area contributed by atoms with Crippen molar-refractivity contribution in [1.29, 1.82) is 0 Å². The van der Waals surface area contributed by atoms with Crippen molar-refractivity contribution in [1.82, 2.24) is 0 Å². The fraction of sp³-hybridized carbons (Fsp3) is 0.333. The predicted octanol–water partition coefficient (Wildman–Crippen LogP) is 0.616. The van der Waals surface area contributed by atoms with Crippen molar-refractivity contribution in [2.75, 3.05) is 13.7 Å². The molecule has 0 aliphatic rings. The summed E-state index contributed by atoms with van der Waals surface area (Å²) in [6.45, 7) is 0.685. The Labute approximate surface area is 67.0 Å². The molecule has 0 unspecified atom stereocenters. The van der Waals surface area contributed by atoms with Gasteiger partial charge in [-0.3, -0.25) is 0 Å². The molecule has 0 aromatic heterocycles. The van der Waals surface area contributed by atoms with Crippen LogP contribution in [0.5, 0.6) is 0 Å². The van der Waals surface area contributed by atoms with Gasteiger partial charge < -0.3 is 10.5 Å². The molecular weight excluding hydrogens is 138 g/mol. The van der Waals surface area contributed by atoms with Crippen molar-refractivity contribution >= 4 is 0 Å². The fourth-order valence-corrected chi connectivity index (χ4v) is 1.02. The molecule has 2 heteroatoms. The molecule has 0 bridgehead atoms. The minimum absolute atomic E-state index is 0.251. The second-order valence-electron chi connectivity index (χ2n) is 2.56. The van der Waals surface area contributed by atoms with Crippen LogP contribution in [0.3, 0.4) is 0 Å². The molecule has 0 saturated carbocycles. The number of methoxy groups -OCH3 is 1. The molecule has 0 radical (unpaired) electrons. The molecule has 0 heterocycles. The standard InChI is InChI=1S/C9H13NO/c1-11-7-9(10)8-5-3-2-4-6-8/h2-6,9H,7,10H2,1H3/p+1/t9-/m1/s1. The quantitative estimate of drug-likeness (QED) is 0.677. The Morgan fingerprint density at radius 2 is 2.00 bits per heavy atom. The van der Waals surface area contributed by atoms with Gasteiger partial charge in [-0.15, -0.1) is 0 Å². The lowest BCUT2D eigenvalue weighted by atomic mass is 10.1. The Balaban J connectivity index is 2.61. The van der Waals surface area contributed by atoms with Crippen molar-refractivity contribution in [3.05, 3.63) is 35.9 Å². The zero-order chi connectivity index (χ0) is 8.10. The molecule has 0 amide bonds. The molecule has 0 aliphatic heterocycles. The average Bonchev–Trinajstić information content (AvgIpc) is 2.07. The monoisotopic (exact) mass is 152 g/mol. The predicted molar refractivity (Wildman–Crippen MR) is 43.9 cm³/mol. The lowest BCUT2D eigenvalue weighted by molar-refractivity contribution is -0.432. The highest BCUT2D eigenvalue weighted by Gasteiger charge is 2.06. The van der Waals surface area contributed by atoms with Crippen molar-refractivity contribution in [2.45, 2.75) is 6.04 Å². The normalized spacial score (nSPS) is 12.9. The summed E-state index contributed by atoms with van der Waals surface area (Å²) in [6, 6.07) is 10.4. The Kier molecular flexibility index (Phi) is 3.08. The van der Waals surface area contributed by atoms with E-state index < -0.39 is 0 Å². The first kappa shape index (κ1) is 8.24. The minimum Gasteiger partial charge on any atom is -0.378 e. The maximum absolute atomic E-state index is 5.00. The van der Waals surface area contributed by atoms with Crippen molar-refractivity contribution in [3.8, 4) is 0 Å². The molecule has 0 spiro atoms. The molecule has 2 nitrogen and oxygen atoms in total. The van der Waals surface area contributed by atoms with Crippen molar-refractivity contribution in [2.24, 2.45) is 0 Å². The Morgan fingerprint density at radius 3 is 2.55 bits per heavy atom. The van der Waals surface area contributed by atoms with Gasteiger partial charge in [-0.25, -0.2) is 0 Å². The first-order valence-corrected chi connectivity index (χ1v) is 3.71. The van der Waals surface area contributed by atoms with Crippen molar-refractivity contribution < 1.29 is 10.5 Å². The number of hydrogen-bond donors (Lipinski definition) is 1. The van der Waals surface area contributed by atoms with Crippen LogP contribution in [0, 0.1) is 0 Å². The zero-order valence-corrected chi connectivity index (χ0v) is 6.79. The fourth-order valence-electron chi connectivity index (χ4n) is 1.02. The first-order valence-electron chi connectivity index (χ1n) is 3.71. The molecule has 60 valence electrons. The molecule has 1 rings (SSSR count). The van der Waals surface area contributed by atoms with Crippen LogP contribution in [0.4, 0.5) is 0 Å². The second-order valence-corrected chi connectivity index (χ2v) is 2.56. The Bertz CT molecular complexity index is 198. The molecule has 0 saturated heterocycles. The lowest BCUT2D eigenvalue weighted by Crippen LogP contribution is -2.55. The van der Waals surface area contributed by atoms with E-state index in [2.05, 4.69) is 17.9 Å². The minimum atomic E-state index is 0.251. The molecule has 1 aromatic carbocycles. The zero-order valence-electron chi connectivity index (χ0n) is 6.79. The third kappa shape index (κ3) is 2.33. The highest BCUT2D eigenvalue weighted by Crippen LogP contribution is 2.06. The molecule has 1 atom stereocenters. The van der Waals surface area contributed by atoms with E-state index in [1.165, 1.54) is 5.56 Å². The van der Waals surface area contributed by atoms with E-state index in [1.807, 2.05) is 18.2 Å². The van der Waals surface area contributed by atoms with Crippen LogP contribution in [-0.2, 0) is 4.74 Å². The molecule has 1 aromatic rings. The van der Waals surface area contributed by atoms with E-state index in [-0.39, 0.29) is 6.04 Å². The van der Waals surface area contributed by atoms with Crippen LogP contribution in [-0.4, -0.2) is 13.7 Å². The summed E-state index contributed by atoms with van der Waals surface area (Å²) in [5.74, 6) is 0. The topological polar surface area (TPSA) is 36.9 Å². The third-order valence-electron chi connectivity index (χ3n) is 1.64. The van der Waals surface area contributed by atoms with E-state index in [4.69, 9.17) is 4.74 Å². The average molecular weight is 152 g/mol. The summed E-state index contributed by atoms with van der Waals surface area (Å²) in [6.07, 6.45) is 0. The van der Waals surface area contributed by atoms with Crippen LogP contribution in [0.25, 0.3) is 0 Å². The van der Waals surface area contributed by atoms with E-state index in [0.717, 1.165) is 0 Å². The van der Waals surface area contributed by atoms with Crippen LogP contribution in [0.1, 0.15) is 11.6 Å². The van der Waals surface area contributed by atoms with Crippen molar-refractivity contribution in [3.63, 3.8) is 0 Å². The maximum atomic E-state index is 5.00. The molecule has 0 fully saturated rings. The Morgan fingerprint density at radius 1 is 1.36 bits per heavy atom. The number of quaternary nitrogens is 1. The van der Waals surface area contributed by atoms with Gasteiger partial charge in [0.25, 0.3) is 0 Å². The van der Waals surface area contributed by atoms with Gasteiger partial charge in [-0.1, -0.05) is 30.3 Å². The molecule has 11 heavy (non-hydrogen) atoms. The molecule has 3 N–H and O–H groups in total. The number of hydrogen-bond acceptors (Lipinski definition) is 1. The van der Waals surface area contributed by atoms with E-state index in [9.17, 15) is 0 Å². The van der Waals surface area contributed by atoms with Gasteiger partial charge >= 0.3 is 0 Å². The largest absolute Gasteiger partial charge is 0.378 e. The SMILES string of the molecule is COC[C@@H]([NH3+])c1ccccc1. The highest BCUT2D eigenvalue weighted by atomic mass is 16.5. The highest BCUT2D eigenvalue weighted by molar-refractivity contribution is 5.16. The maximum Gasteiger partial charge on any atom is 0.134 e. The first-order chi connectivity index (χ1) is 5.34. The second kappa shape index (κ2) is 4.11. The van der Waals surface area contributed by atoms with Crippen LogP contribution in [0.2, 0.25) is 0 Å². The van der Waals surface area contributed by atoms with Crippen LogP contribution >= 0.6 is 0 Å². The Hall–Kier alpha value is -0.860. The smallest absolute Gasteiger partial charge is 0.134 e. The molecule has 0 aliphatic carbocycles. The van der Waals surface area contributed by atoms with Gasteiger partial charge in [0.15, 0.2) is 0 Å². The van der Waals surface area contributed by atoms with Gasteiger partial charge in [0.2, 0.25) is 0 Å². The molecular formula is C9H14NO+. The third-order valence-corrected chi connectivity index (χ3v) is 1.64. The van der Waals surface area contributed by atoms with Gasteiger partial charge in [-0.2, -0.15) is 0 Å². The van der Waals surface area contributed by atoms with Gasteiger partial charge in [0, 0.05) is 12.7 Å². The number of rotatable bonds is 3. The summed E-state index contributed by atoms with van der Waals surface area (Å²) < 4.78 is 5.00. The van der Waals surface area contributed by atoms with Gasteiger partial charge in [0.05, 0.1) is 0 Å². The van der Waals surface area contributed by atoms with Gasteiger partial charge in [0.1, 0.15) is 12.6 Å². The van der Waals surface area contributed by atoms with Gasteiger partial charge in [-0.05, 0) is 0 Å². The van der Waals surface area contributed by atoms with E-state index in [1.54, 1.807) is 7.11 Å². The van der Waals surface area contributed by atoms with Crippen LogP contribution in [0.15, 0.2) is 30.3 Å². The summed E-state index contributed by atoms with van der Waals surface area (Å²) in [4.78, 5) is 0. The summed E-state index contributed by atoms with van der Waals surface area (Å²) in [5.41, 5.74) is 5.20. The lowest BCUT2D eigenvalue weighted by Gasteiger charge is -2.05. The van der Waals surface area contributed by atoms with E-state index in [0.29, 0.717) is 6.61 Å². The summed E-state index contributed by atoms with van der Waals surface area (Å²) >= 11 is 0. The number of benzene rings is 1. The van der Waals surface area contributed by atoms with Crippen LogP contribution < -0.4 is 5.73 Å². The number of ether oxygens (including phenoxy) is 1. The van der Waals surface area contributed by atoms with E-state index >= 15 is 0 Å².